The number of ketones is 1. The molecule has 1 fully saturated rings. The van der Waals surface area contributed by atoms with Crippen molar-refractivity contribution < 1.29 is 24.2 Å². The molecular formula is C31H33NO5. The second-order valence-electron chi connectivity index (χ2n) is 9.60. The van der Waals surface area contributed by atoms with Crippen molar-refractivity contribution in [2.45, 2.75) is 40.3 Å². The minimum atomic E-state index is -0.718. The number of carbonyl (C=O) groups is 2. The number of Topliss-reactive ketones (excluding diaryl/α,β-unsaturated/α-hetero) is 1. The monoisotopic (exact) mass is 499 g/mol. The van der Waals surface area contributed by atoms with Gasteiger partial charge in [-0.25, -0.2) is 0 Å². The van der Waals surface area contributed by atoms with Crippen LogP contribution in [0.2, 0.25) is 0 Å². The van der Waals surface area contributed by atoms with Crippen LogP contribution in [-0.4, -0.2) is 34.9 Å². The predicted molar refractivity (Wildman–Crippen MR) is 143 cm³/mol. The number of nitrogens with zero attached hydrogens (tertiary/aromatic N) is 1. The fourth-order valence-corrected chi connectivity index (χ4v) is 4.45. The van der Waals surface area contributed by atoms with Crippen molar-refractivity contribution in [2.24, 2.45) is 5.92 Å². The van der Waals surface area contributed by atoms with E-state index in [4.69, 9.17) is 9.47 Å². The van der Waals surface area contributed by atoms with Gasteiger partial charge in [-0.15, -0.1) is 0 Å². The Hall–Kier alpha value is -4.06. The lowest BCUT2D eigenvalue weighted by Gasteiger charge is -2.25. The molecule has 0 aromatic heterocycles. The summed E-state index contributed by atoms with van der Waals surface area (Å²) in [5, 5.41) is 11.4. The number of likely N-dealkylation sites (tertiary alicyclic amines) is 1. The van der Waals surface area contributed by atoms with Crippen LogP contribution in [0.1, 0.15) is 49.1 Å². The van der Waals surface area contributed by atoms with Gasteiger partial charge in [-0.3, -0.25) is 9.59 Å². The highest BCUT2D eigenvalue weighted by molar-refractivity contribution is 6.46. The van der Waals surface area contributed by atoms with Gasteiger partial charge in [0.25, 0.3) is 11.7 Å². The van der Waals surface area contributed by atoms with Crippen molar-refractivity contribution in [2.75, 3.05) is 13.2 Å². The Bertz CT molecular complexity index is 1290. The molecule has 1 aliphatic rings. The summed E-state index contributed by atoms with van der Waals surface area (Å²) in [6.45, 7) is 9.32. The molecule has 6 heteroatoms. The maximum absolute atomic E-state index is 13.3. The van der Waals surface area contributed by atoms with Crippen LogP contribution in [0.25, 0.3) is 5.76 Å². The van der Waals surface area contributed by atoms with Gasteiger partial charge in [-0.1, -0.05) is 56.3 Å². The van der Waals surface area contributed by atoms with E-state index >= 15 is 0 Å². The third kappa shape index (κ3) is 5.69. The number of benzene rings is 3. The van der Waals surface area contributed by atoms with E-state index in [1.54, 1.807) is 18.2 Å². The molecule has 1 saturated heterocycles. The van der Waals surface area contributed by atoms with Crippen molar-refractivity contribution >= 4 is 17.4 Å². The number of aliphatic hydroxyl groups is 1. The molecule has 1 unspecified atom stereocenters. The molecule has 1 N–H and O–H groups in total. The number of amides is 1. The molecule has 0 saturated carbocycles. The molecule has 0 bridgehead atoms. The molecule has 0 aliphatic carbocycles. The third-order valence-corrected chi connectivity index (χ3v) is 6.26. The molecule has 3 aromatic rings. The van der Waals surface area contributed by atoms with E-state index in [1.807, 2.05) is 68.4 Å². The Labute approximate surface area is 218 Å². The lowest BCUT2D eigenvalue weighted by molar-refractivity contribution is -0.140. The third-order valence-electron chi connectivity index (χ3n) is 6.26. The molecule has 1 heterocycles. The number of hydrogen-bond donors (Lipinski definition) is 1. The average molecular weight is 500 g/mol. The summed E-state index contributed by atoms with van der Waals surface area (Å²) < 4.78 is 11.4. The van der Waals surface area contributed by atoms with Crippen LogP contribution >= 0.6 is 0 Å². The Morgan fingerprint density at radius 3 is 2.30 bits per heavy atom. The molecule has 1 atom stereocenters. The lowest BCUT2D eigenvalue weighted by Crippen LogP contribution is -2.29. The first-order chi connectivity index (χ1) is 17.8. The van der Waals surface area contributed by atoms with Gasteiger partial charge in [0.2, 0.25) is 0 Å². The van der Waals surface area contributed by atoms with Gasteiger partial charge < -0.3 is 19.5 Å². The van der Waals surface area contributed by atoms with Crippen LogP contribution in [0.15, 0.2) is 78.4 Å². The van der Waals surface area contributed by atoms with Crippen LogP contribution in [0.4, 0.5) is 0 Å². The SMILES string of the molecule is CCOc1ccc(CN2C(=O)C(=O)/C(=C(\O)c3ccc(OCC(C)C)c(C)c3)C2c2ccccc2)cc1. The van der Waals surface area contributed by atoms with Crippen LogP contribution in [-0.2, 0) is 16.1 Å². The van der Waals surface area contributed by atoms with Crippen molar-refractivity contribution in [3.8, 4) is 11.5 Å². The Morgan fingerprint density at radius 1 is 0.973 bits per heavy atom. The average Bonchev–Trinajstić information content (AvgIpc) is 3.14. The minimum absolute atomic E-state index is 0.0809. The highest BCUT2D eigenvalue weighted by Gasteiger charge is 2.46. The predicted octanol–water partition coefficient (Wildman–Crippen LogP) is 6.05. The highest BCUT2D eigenvalue weighted by Crippen LogP contribution is 2.40. The Morgan fingerprint density at radius 2 is 1.68 bits per heavy atom. The molecule has 1 aliphatic heterocycles. The summed E-state index contributed by atoms with van der Waals surface area (Å²) in [5.74, 6) is 0.308. The van der Waals surface area contributed by atoms with E-state index in [-0.39, 0.29) is 17.9 Å². The molecule has 37 heavy (non-hydrogen) atoms. The number of carbonyl (C=O) groups excluding carboxylic acids is 2. The van der Waals surface area contributed by atoms with Crippen LogP contribution in [0.3, 0.4) is 0 Å². The van der Waals surface area contributed by atoms with Crippen molar-refractivity contribution in [3.05, 3.63) is 101 Å². The summed E-state index contributed by atoms with van der Waals surface area (Å²) in [6, 6.07) is 21.4. The molecule has 4 rings (SSSR count). The first kappa shape index (κ1) is 26.0. The smallest absolute Gasteiger partial charge is 0.295 e. The molecule has 3 aromatic carbocycles. The number of ether oxygens (including phenoxy) is 2. The van der Waals surface area contributed by atoms with Crippen molar-refractivity contribution in [1.29, 1.82) is 0 Å². The van der Waals surface area contributed by atoms with Crippen LogP contribution < -0.4 is 9.47 Å². The molecule has 1 amide bonds. The number of aliphatic hydroxyl groups excluding tert-OH is 1. The van der Waals surface area contributed by atoms with Crippen LogP contribution in [0.5, 0.6) is 11.5 Å². The normalized spacial score (nSPS) is 16.9. The summed E-state index contributed by atoms with van der Waals surface area (Å²) in [4.78, 5) is 28.1. The zero-order valence-corrected chi connectivity index (χ0v) is 21.7. The second-order valence-corrected chi connectivity index (χ2v) is 9.60. The first-order valence-corrected chi connectivity index (χ1v) is 12.6. The number of hydrogen-bond acceptors (Lipinski definition) is 5. The first-order valence-electron chi connectivity index (χ1n) is 12.6. The topological polar surface area (TPSA) is 76.1 Å². The molecule has 6 nitrogen and oxygen atoms in total. The zero-order chi connectivity index (χ0) is 26.5. The maximum Gasteiger partial charge on any atom is 0.295 e. The minimum Gasteiger partial charge on any atom is -0.507 e. The Balaban J connectivity index is 1.73. The maximum atomic E-state index is 13.3. The summed E-state index contributed by atoms with van der Waals surface area (Å²) >= 11 is 0. The zero-order valence-electron chi connectivity index (χ0n) is 21.7. The lowest BCUT2D eigenvalue weighted by atomic mass is 9.94. The van der Waals surface area contributed by atoms with Crippen molar-refractivity contribution in [3.63, 3.8) is 0 Å². The number of rotatable bonds is 9. The largest absolute Gasteiger partial charge is 0.507 e. The van der Waals surface area contributed by atoms with E-state index < -0.39 is 17.7 Å². The van der Waals surface area contributed by atoms with Gasteiger partial charge in [-0.2, -0.15) is 0 Å². The van der Waals surface area contributed by atoms with E-state index in [0.29, 0.717) is 24.7 Å². The van der Waals surface area contributed by atoms with Gasteiger partial charge in [0.1, 0.15) is 17.3 Å². The molecule has 0 radical (unpaired) electrons. The second kappa shape index (κ2) is 11.3. The van der Waals surface area contributed by atoms with Gasteiger partial charge >= 0.3 is 0 Å². The summed E-state index contributed by atoms with van der Waals surface area (Å²) in [7, 11) is 0. The van der Waals surface area contributed by atoms with Gasteiger partial charge in [0.05, 0.1) is 24.8 Å². The van der Waals surface area contributed by atoms with Gasteiger partial charge in [-0.05, 0) is 66.8 Å². The summed E-state index contributed by atoms with van der Waals surface area (Å²) in [6.07, 6.45) is 0. The quantitative estimate of drug-likeness (QED) is 0.220. The van der Waals surface area contributed by atoms with E-state index in [2.05, 4.69) is 13.8 Å². The molecule has 0 spiro atoms. The van der Waals surface area contributed by atoms with Gasteiger partial charge in [0.15, 0.2) is 0 Å². The van der Waals surface area contributed by atoms with E-state index in [0.717, 1.165) is 28.2 Å². The fourth-order valence-electron chi connectivity index (χ4n) is 4.45. The van der Waals surface area contributed by atoms with E-state index in [9.17, 15) is 14.7 Å². The highest BCUT2D eigenvalue weighted by atomic mass is 16.5. The molecule has 192 valence electrons. The fraction of sp³-hybridized carbons (Fsp3) is 0.290. The number of aryl methyl sites for hydroxylation is 1. The summed E-state index contributed by atoms with van der Waals surface area (Å²) in [5.41, 5.74) is 2.99. The Kier molecular flexibility index (Phi) is 7.97. The van der Waals surface area contributed by atoms with E-state index in [1.165, 1.54) is 4.90 Å². The van der Waals surface area contributed by atoms with Crippen molar-refractivity contribution in [1.82, 2.24) is 4.90 Å². The molecular weight excluding hydrogens is 466 g/mol. The van der Waals surface area contributed by atoms with Gasteiger partial charge in [0, 0.05) is 12.1 Å². The van der Waals surface area contributed by atoms with Crippen LogP contribution in [0, 0.1) is 12.8 Å². The standard InChI is InChI=1S/C31H33NO5/c1-5-36-25-14-11-22(12-15-25)18-32-28(23-9-7-6-8-10-23)27(30(34)31(32)35)29(33)24-13-16-26(21(4)17-24)37-19-20(2)3/h6-17,20,28,33H,5,18-19H2,1-4H3/b29-27-.